The lowest BCUT2D eigenvalue weighted by Gasteiger charge is -2.37. The molecule has 1 heterocycles. The Morgan fingerprint density at radius 3 is 2.61 bits per heavy atom. The first kappa shape index (κ1) is 13.9. The molecule has 0 bridgehead atoms. The fraction of sp³-hybridized carbons (Fsp3) is 0.786. The number of hydrogen-bond donors (Lipinski definition) is 1. The maximum atomic E-state index is 6.30. The van der Waals surface area contributed by atoms with Gasteiger partial charge < -0.3 is 5.32 Å². The average Bonchev–Trinajstić information content (AvgIpc) is 2.55. The van der Waals surface area contributed by atoms with Gasteiger partial charge in [0, 0.05) is 12.6 Å². The van der Waals surface area contributed by atoms with E-state index in [4.69, 9.17) is 11.6 Å². The van der Waals surface area contributed by atoms with Crippen molar-refractivity contribution >= 4 is 11.6 Å². The van der Waals surface area contributed by atoms with Gasteiger partial charge in [-0.15, -0.1) is 0 Å². The van der Waals surface area contributed by atoms with E-state index in [-0.39, 0.29) is 0 Å². The average molecular weight is 270 g/mol. The van der Waals surface area contributed by atoms with Crippen LogP contribution in [0.25, 0.3) is 0 Å². The lowest BCUT2D eigenvalue weighted by molar-refractivity contribution is 0.171. The molecule has 1 aromatic heterocycles. The first-order chi connectivity index (χ1) is 8.63. The van der Waals surface area contributed by atoms with E-state index in [1.165, 1.54) is 24.8 Å². The Morgan fingerprint density at radius 2 is 2.11 bits per heavy atom. The number of hydrogen-bond acceptors (Lipinski definition) is 2. The van der Waals surface area contributed by atoms with Gasteiger partial charge in [-0.05, 0) is 57.5 Å². The van der Waals surface area contributed by atoms with Crippen LogP contribution in [-0.2, 0) is 13.5 Å². The summed E-state index contributed by atoms with van der Waals surface area (Å²) in [5.74, 6) is 1.61. The summed E-state index contributed by atoms with van der Waals surface area (Å²) < 4.78 is 1.79. The Kier molecular flexibility index (Phi) is 4.68. The number of nitrogens with one attached hydrogen (secondary N) is 1. The first-order valence-corrected chi connectivity index (χ1v) is 7.40. The van der Waals surface area contributed by atoms with E-state index in [2.05, 4.69) is 24.3 Å². The molecule has 0 aliphatic heterocycles. The maximum Gasteiger partial charge on any atom is 0.130 e. The molecule has 3 nitrogen and oxygen atoms in total. The van der Waals surface area contributed by atoms with Crippen LogP contribution in [0.3, 0.4) is 0 Å². The molecule has 1 fully saturated rings. The third kappa shape index (κ3) is 2.89. The predicted octanol–water partition coefficient (Wildman–Crippen LogP) is 2.95. The zero-order valence-electron chi connectivity index (χ0n) is 11.7. The first-order valence-electron chi connectivity index (χ1n) is 7.02. The second kappa shape index (κ2) is 6.07. The summed E-state index contributed by atoms with van der Waals surface area (Å²) >= 11 is 6.30. The van der Waals surface area contributed by atoms with Crippen molar-refractivity contribution in [3.8, 4) is 0 Å². The van der Waals surface area contributed by atoms with Crippen molar-refractivity contribution in [3.63, 3.8) is 0 Å². The number of halogens is 1. The smallest absolute Gasteiger partial charge is 0.130 e. The van der Waals surface area contributed by atoms with E-state index >= 15 is 0 Å². The second-order valence-corrected chi connectivity index (χ2v) is 5.84. The molecular weight excluding hydrogens is 246 g/mol. The van der Waals surface area contributed by atoms with Crippen LogP contribution < -0.4 is 5.32 Å². The Morgan fingerprint density at radius 1 is 1.39 bits per heavy atom. The van der Waals surface area contributed by atoms with Crippen molar-refractivity contribution in [1.29, 1.82) is 0 Å². The van der Waals surface area contributed by atoms with Gasteiger partial charge in [0.2, 0.25) is 0 Å². The van der Waals surface area contributed by atoms with Crippen LogP contribution in [0.1, 0.15) is 37.4 Å². The molecule has 0 spiro atoms. The molecule has 4 heteroatoms. The van der Waals surface area contributed by atoms with Gasteiger partial charge in [-0.1, -0.05) is 18.5 Å². The van der Waals surface area contributed by atoms with Crippen molar-refractivity contribution in [2.45, 2.75) is 39.5 Å². The molecule has 1 saturated carbocycles. The van der Waals surface area contributed by atoms with E-state index < -0.39 is 0 Å². The van der Waals surface area contributed by atoms with E-state index in [0.29, 0.717) is 0 Å². The number of rotatable bonds is 6. The summed E-state index contributed by atoms with van der Waals surface area (Å²) in [6.07, 6.45) is 5.00. The lowest BCUT2D eigenvalue weighted by Crippen LogP contribution is -2.36. The molecule has 2 unspecified atom stereocenters. The zero-order valence-corrected chi connectivity index (χ0v) is 12.4. The number of aromatic nitrogens is 2. The van der Waals surface area contributed by atoms with Crippen molar-refractivity contribution in [2.24, 2.45) is 18.9 Å². The van der Waals surface area contributed by atoms with Crippen LogP contribution in [0.15, 0.2) is 0 Å². The van der Waals surface area contributed by atoms with Crippen LogP contribution in [-0.4, -0.2) is 22.9 Å². The molecule has 0 amide bonds. The quantitative estimate of drug-likeness (QED) is 0.805. The topological polar surface area (TPSA) is 29.9 Å². The molecule has 1 aliphatic rings. The lowest BCUT2D eigenvalue weighted by atomic mass is 9.70. The largest absolute Gasteiger partial charge is 0.316 e. The van der Waals surface area contributed by atoms with Crippen LogP contribution >= 0.6 is 11.6 Å². The van der Waals surface area contributed by atoms with Crippen molar-refractivity contribution < 1.29 is 0 Å². The Bertz CT molecular complexity index is 400. The number of nitrogens with zero attached hydrogens (tertiary/aromatic N) is 2. The van der Waals surface area contributed by atoms with Crippen LogP contribution in [0.4, 0.5) is 0 Å². The Labute approximate surface area is 115 Å². The summed E-state index contributed by atoms with van der Waals surface area (Å²) in [7, 11) is 1.92. The third-order valence-electron chi connectivity index (χ3n) is 4.14. The van der Waals surface area contributed by atoms with Crippen LogP contribution in [0.2, 0.25) is 5.15 Å². The minimum Gasteiger partial charge on any atom is -0.316 e. The summed E-state index contributed by atoms with van der Waals surface area (Å²) in [5, 5.41) is 8.74. The zero-order chi connectivity index (χ0) is 13.1. The summed E-state index contributed by atoms with van der Waals surface area (Å²) in [6, 6.07) is 0. The van der Waals surface area contributed by atoms with Crippen molar-refractivity contribution in [1.82, 2.24) is 15.1 Å². The highest BCUT2D eigenvalue weighted by atomic mass is 35.5. The van der Waals surface area contributed by atoms with Gasteiger partial charge in [0.15, 0.2) is 0 Å². The molecule has 0 aromatic carbocycles. The molecule has 0 saturated heterocycles. The van der Waals surface area contributed by atoms with Gasteiger partial charge in [0.1, 0.15) is 5.15 Å². The highest BCUT2D eigenvalue weighted by Gasteiger charge is 2.31. The van der Waals surface area contributed by atoms with Crippen molar-refractivity contribution in [2.75, 3.05) is 13.1 Å². The fourth-order valence-corrected chi connectivity index (χ4v) is 3.06. The summed E-state index contributed by atoms with van der Waals surface area (Å²) in [5.41, 5.74) is 2.35. The van der Waals surface area contributed by atoms with Gasteiger partial charge >= 0.3 is 0 Å². The molecule has 1 aliphatic carbocycles. The molecule has 18 heavy (non-hydrogen) atoms. The maximum absolute atomic E-state index is 6.30. The molecule has 1 N–H and O–H groups in total. The highest BCUT2D eigenvalue weighted by molar-refractivity contribution is 6.30. The second-order valence-electron chi connectivity index (χ2n) is 5.48. The van der Waals surface area contributed by atoms with Crippen LogP contribution in [0, 0.1) is 18.8 Å². The molecule has 102 valence electrons. The summed E-state index contributed by atoms with van der Waals surface area (Å²) in [4.78, 5) is 0. The molecular formula is C14H24ClN3. The monoisotopic (exact) mass is 269 g/mol. The molecule has 2 atom stereocenters. The molecule has 1 aromatic rings. The predicted molar refractivity (Wildman–Crippen MR) is 76.0 cm³/mol. The standard InChI is InChI=1S/C14H24ClN3/c1-4-7-16-9-12-6-5-11(12)8-13-10(2)17-18(3)14(13)15/h11-12,16H,4-9H2,1-3H3. The van der Waals surface area contributed by atoms with Gasteiger partial charge in [0.25, 0.3) is 0 Å². The normalized spacial score (nSPS) is 23.1. The Hall–Kier alpha value is -0.540. The van der Waals surface area contributed by atoms with Gasteiger partial charge in [-0.25, -0.2) is 0 Å². The van der Waals surface area contributed by atoms with E-state index in [0.717, 1.165) is 42.2 Å². The molecule has 0 radical (unpaired) electrons. The minimum absolute atomic E-state index is 0.787. The highest BCUT2D eigenvalue weighted by Crippen LogP contribution is 2.38. The summed E-state index contributed by atoms with van der Waals surface area (Å²) in [6.45, 7) is 6.57. The number of aryl methyl sites for hydroxylation is 2. The van der Waals surface area contributed by atoms with Gasteiger partial charge in [-0.2, -0.15) is 5.10 Å². The fourth-order valence-electron chi connectivity index (χ4n) is 2.81. The third-order valence-corrected chi connectivity index (χ3v) is 4.62. The van der Waals surface area contributed by atoms with Gasteiger partial charge in [-0.3, -0.25) is 4.68 Å². The van der Waals surface area contributed by atoms with Gasteiger partial charge in [0.05, 0.1) is 5.69 Å². The van der Waals surface area contributed by atoms with E-state index in [1.54, 1.807) is 4.68 Å². The molecule has 2 rings (SSSR count). The van der Waals surface area contributed by atoms with E-state index in [1.807, 2.05) is 7.05 Å². The van der Waals surface area contributed by atoms with Crippen LogP contribution in [0.5, 0.6) is 0 Å². The SMILES string of the molecule is CCCNCC1CCC1Cc1c(C)nn(C)c1Cl. The van der Waals surface area contributed by atoms with E-state index in [9.17, 15) is 0 Å². The van der Waals surface area contributed by atoms with Crippen molar-refractivity contribution in [3.05, 3.63) is 16.4 Å². The minimum atomic E-state index is 0.787. The Balaban J connectivity index is 1.89.